The van der Waals surface area contributed by atoms with Crippen molar-refractivity contribution >= 4 is 22.8 Å². The van der Waals surface area contributed by atoms with E-state index in [1.807, 2.05) is 42.1 Å². The molecule has 4 rings (SSSR count). The average molecular weight is 361 g/mol. The molecule has 25 heavy (non-hydrogen) atoms. The first-order valence-corrected chi connectivity index (χ1v) is 8.47. The summed E-state index contributed by atoms with van der Waals surface area (Å²) < 4.78 is 7.41. The molecular formula is C17H21ClN6O. The van der Waals surface area contributed by atoms with Crippen LogP contribution in [-0.4, -0.2) is 32.7 Å². The molecule has 3 aromatic rings. The second kappa shape index (κ2) is 7.88. The monoisotopic (exact) mass is 360 g/mol. The Labute approximate surface area is 151 Å². The van der Waals surface area contributed by atoms with E-state index in [0.717, 1.165) is 54.4 Å². The Kier molecular flexibility index (Phi) is 5.60. The first-order chi connectivity index (χ1) is 12.2. The number of fused-ring (bicyclic) bond motifs is 1. The molecule has 1 saturated heterocycles. The molecule has 0 aliphatic carbocycles. The number of hydrazine groups is 1. The van der Waals surface area contributed by atoms with Crippen LogP contribution >= 0.6 is 11.6 Å². The third kappa shape index (κ3) is 3.50. The summed E-state index contributed by atoms with van der Waals surface area (Å²) in [6, 6.07) is 7.71. The molecule has 7 nitrogen and oxygen atoms in total. The van der Waals surface area contributed by atoms with Crippen LogP contribution < -0.4 is 11.7 Å². The smallest absolute Gasteiger partial charge is 0.163 e. The van der Waals surface area contributed by atoms with Crippen LogP contribution in [0.25, 0.3) is 22.6 Å². The van der Waals surface area contributed by atoms with Gasteiger partial charge in [0.1, 0.15) is 17.2 Å². The first-order valence-electron chi connectivity index (χ1n) is 8.09. The largest absolute Gasteiger partial charge is 0.381 e. The molecule has 4 N–H and O–H groups in total. The van der Waals surface area contributed by atoms with Crippen LogP contribution in [-0.2, 0) is 11.8 Å². The lowest BCUT2D eigenvalue weighted by atomic mass is 9.99. The van der Waals surface area contributed by atoms with Crippen LogP contribution in [0.3, 0.4) is 0 Å². The van der Waals surface area contributed by atoms with E-state index in [0.29, 0.717) is 10.9 Å². The second-order valence-corrected chi connectivity index (χ2v) is 6.21. The van der Waals surface area contributed by atoms with E-state index >= 15 is 0 Å². The lowest BCUT2D eigenvalue weighted by Gasteiger charge is -2.20. The molecule has 1 aromatic carbocycles. The molecule has 3 heterocycles. The van der Waals surface area contributed by atoms with Crippen LogP contribution in [0.15, 0.2) is 30.5 Å². The maximum atomic E-state index is 6.31. The second-order valence-electron chi connectivity index (χ2n) is 5.80. The minimum Gasteiger partial charge on any atom is -0.381 e. The minimum absolute atomic E-state index is 0.367. The summed E-state index contributed by atoms with van der Waals surface area (Å²) in [6.45, 7) is 1.56. The summed E-state index contributed by atoms with van der Waals surface area (Å²) >= 11 is 6.31. The Morgan fingerprint density at radius 3 is 2.60 bits per heavy atom. The number of ether oxygens (including phenoxy) is 1. The molecule has 0 bridgehead atoms. The fraction of sp³-hybridized carbons (Fsp3) is 0.353. The highest BCUT2D eigenvalue weighted by molar-refractivity contribution is 6.33. The summed E-state index contributed by atoms with van der Waals surface area (Å²) in [4.78, 5) is 13.9. The molecule has 1 aliphatic heterocycles. The van der Waals surface area contributed by atoms with Crippen molar-refractivity contribution in [2.24, 2.45) is 18.7 Å². The topological polar surface area (TPSA) is 105 Å². The van der Waals surface area contributed by atoms with Gasteiger partial charge in [0.2, 0.25) is 0 Å². The number of benzene rings is 1. The zero-order valence-corrected chi connectivity index (χ0v) is 14.8. The number of nitrogens with zero attached hydrogens (tertiary/aromatic N) is 4. The van der Waals surface area contributed by atoms with Crippen LogP contribution in [0.1, 0.15) is 24.6 Å². The van der Waals surface area contributed by atoms with Gasteiger partial charge in [-0.1, -0.05) is 23.7 Å². The minimum atomic E-state index is 0.367. The predicted molar refractivity (Wildman–Crippen MR) is 97.9 cm³/mol. The highest BCUT2D eigenvalue weighted by Crippen LogP contribution is 2.30. The number of hydrogen-bond donors (Lipinski definition) is 2. The van der Waals surface area contributed by atoms with Gasteiger partial charge in [-0.2, -0.15) is 0 Å². The van der Waals surface area contributed by atoms with Crippen molar-refractivity contribution in [3.05, 3.63) is 41.3 Å². The van der Waals surface area contributed by atoms with Gasteiger partial charge in [-0.05, 0) is 25.0 Å². The number of nitrogens with two attached hydrogens (primary N) is 2. The summed E-state index contributed by atoms with van der Waals surface area (Å²) in [5, 5.41) is 0.684. The number of aromatic nitrogens is 4. The van der Waals surface area contributed by atoms with Crippen molar-refractivity contribution < 1.29 is 4.74 Å². The molecular weight excluding hydrogens is 340 g/mol. The SMILES string of the molecule is Cn1c(-c2ccccc2Cl)nc2cnc(C3CCOCC3)nc21.NN. The van der Waals surface area contributed by atoms with Crippen molar-refractivity contribution in [3.8, 4) is 11.4 Å². The fourth-order valence-corrected chi connectivity index (χ4v) is 3.25. The molecule has 0 radical (unpaired) electrons. The Bertz CT molecular complexity index is 859. The lowest BCUT2D eigenvalue weighted by molar-refractivity contribution is 0.0836. The van der Waals surface area contributed by atoms with Gasteiger partial charge in [0.05, 0.1) is 11.2 Å². The van der Waals surface area contributed by atoms with E-state index < -0.39 is 0 Å². The van der Waals surface area contributed by atoms with Gasteiger partial charge in [-0.3, -0.25) is 11.7 Å². The normalized spacial score (nSPS) is 15.0. The Morgan fingerprint density at radius 2 is 1.88 bits per heavy atom. The number of imidazole rings is 1. The van der Waals surface area contributed by atoms with E-state index in [1.165, 1.54) is 0 Å². The molecule has 8 heteroatoms. The van der Waals surface area contributed by atoms with Gasteiger partial charge >= 0.3 is 0 Å². The van der Waals surface area contributed by atoms with E-state index in [1.54, 1.807) is 0 Å². The molecule has 0 spiro atoms. The van der Waals surface area contributed by atoms with Crippen molar-refractivity contribution in [2.75, 3.05) is 13.2 Å². The third-order valence-electron chi connectivity index (χ3n) is 4.33. The molecule has 0 amide bonds. The molecule has 1 aliphatic rings. The highest BCUT2D eigenvalue weighted by Gasteiger charge is 2.21. The van der Waals surface area contributed by atoms with Gasteiger partial charge in [0.15, 0.2) is 5.65 Å². The van der Waals surface area contributed by atoms with Crippen LogP contribution in [0.4, 0.5) is 0 Å². The fourth-order valence-electron chi connectivity index (χ4n) is 3.03. The van der Waals surface area contributed by atoms with Gasteiger partial charge in [0.25, 0.3) is 0 Å². The average Bonchev–Trinajstić information content (AvgIpc) is 3.00. The Hall–Kier alpha value is -2.06. The van der Waals surface area contributed by atoms with Crippen molar-refractivity contribution in [2.45, 2.75) is 18.8 Å². The van der Waals surface area contributed by atoms with E-state index in [9.17, 15) is 0 Å². The van der Waals surface area contributed by atoms with Gasteiger partial charge in [0, 0.05) is 31.7 Å². The van der Waals surface area contributed by atoms with Gasteiger partial charge in [-0.25, -0.2) is 15.0 Å². The predicted octanol–water partition coefficient (Wildman–Crippen LogP) is 2.40. The standard InChI is InChI=1S/C17H17ClN4O.H4N2/c1-22-16(12-4-2-3-5-13(12)18)20-14-10-19-15(21-17(14)22)11-6-8-23-9-7-11;1-2/h2-5,10-11H,6-9H2,1H3;1-2H2. The summed E-state index contributed by atoms with van der Waals surface area (Å²) in [5.41, 5.74) is 2.54. The number of rotatable bonds is 2. The number of hydrogen-bond acceptors (Lipinski definition) is 6. The zero-order valence-electron chi connectivity index (χ0n) is 14.0. The Morgan fingerprint density at radius 1 is 1.16 bits per heavy atom. The van der Waals surface area contributed by atoms with Crippen molar-refractivity contribution in [3.63, 3.8) is 0 Å². The maximum absolute atomic E-state index is 6.31. The molecule has 0 unspecified atom stereocenters. The molecule has 132 valence electrons. The summed E-state index contributed by atoms with van der Waals surface area (Å²) in [5.74, 6) is 10.1. The van der Waals surface area contributed by atoms with Crippen LogP contribution in [0.2, 0.25) is 5.02 Å². The van der Waals surface area contributed by atoms with E-state index in [4.69, 9.17) is 21.3 Å². The number of halogens is 1. The lowest BCUT2D eigenvalue weighted by Crippen LogP contribution is -2.16. The number of aryl methyl sites for hydroxylation is 1. The maximum Gasteiger partial charge on any atom is 0.163 e. The summed E-state index contributed by atoms with van der Waals surface area (Å²) in [6.07, 6.45) is 3.76. The highest BCUT2D eigenvalue weighted by atomic mass is 35.5. The van der Waals surface area contributed by atoms with E-state index in [2.05, 4.69) is 21.7 Å². The van der Waals surface area contributed by atoms with Crippen LogP contribution in [0, 0.1) is 0 Å². The van der Waals surface area contributed by atoms with E-state index in [-0.39, 0.29) is 0 Å². The molecule has 1 fully saturated rings. The zero-order chi connectivity index (χ0) is 17.8. The quantitative estimate of drug-likeness (QED) is 0.537. The van der Waals surface area contributed by atoms with Crippen molar-refractivity contribution in [1.82, 2.24) is 19.5 Å². The molecule has 0 atom stereocenters. The first kappa shape index (κ1) is 17.8. The van der Waals surface area contributed by atoms with Gasteiger partial charge < -0.3 is 9.30 Å². The van der Waals surface area contributed by atoms with Gasteiger partial charge in [-0.15, -0.1) is 0 Å². The van der Waals surface area contributed by atoms with Crippen molar-refractivity contribution in [1.29, 1.82) is 0 Å². The van der Waals surface area contributed by atoms with Crippen LogP contribution in [0.5, 0.6) is 0 Å². The Balaban J connectivity index is 0.000000880. The molecule has 0 saturated carbocycles. The summed E-state index contributed by atoms with van der Waals surface area (Å²) in [7, 11) is 1.97. The molecule has 2 aromatic heterocycles. The third-order valence-corrected chi connectivity index (χ3v) is 4.66.